The predicted molar refractivity (Wildman–Crippen MR) is 81.2 cm³/mol. The Hall–Kier alpha value is -2.34. The van der Waals surface area contributed by atoms with Gasteiger partial charge in [-0.15, -0.1) is 10.2 Å². The smallest absolute Gasteiger partial charge is 0.130 e. The molecule has 0 aliphatic rings. The third-order valence-electron chi connectivity index (χ3n) is 2.99. The lowest BCUT2D eigenvalue weighted by Crippen LogP contribution is -1.95. The molecule has 3 nitrogen and oxygen atoms in total. The van der Waals surface area contributed by atoms with Crippen LogP contribution in [-0.2, 0) is 5.75 Å². The molecule has 3 aromatic rings. The Kier molecular flexibility index (Phi) is 4.39. The highest BCUT2D eigenvalue weighted by atomic mass is 32.2. The van der Waals surface area contributed by atoms with Crippen LogP contribution >= 0.6 is 11.8 Å². The lowest BCUT2D eigenvalue weighted by Gasteiger charge is -2.04. The highest BCUT2D eigenvalue weighted by Gasteiger charge is 2.09. The van der Waals surface area contributed by atoms with E-state index in [1.54, 1.807) is 18.3 Å². The number of hydrogen-bond donors (Lipinski definition) is 0. The summed E-state index contributed by atoms with van der Waals surface area (Å²) >= 11 is 1.23. The summed E-state index contributed by atoms with van der Waals surface area (Å²) < 4.78 is 27.1. The maximum Gasteiger partial charge on any atom is 0.130 e. The SMILES string of the molecule is Fc1cccc(F)c1CSc1ccc(-c2ccccn2)nn1. The van der Waals surface area contributed by atoms with Crippen LogP contribution in [-0.4, -0.2) is 15.2 Å². The van der Waals surface area contributed by atoms with Gasteiger partial charge in [0.05, 0.1) is 5.69 Å². The third kappa shape index (κ3) is 3.28. The molecule has 0 N–H and O–H groups in total. The molecule has 2 aromatic heterocycles. The fraction of sp³-hybridized carbons (Fsp3) is 0.0625. The number of hydrogen-bond acceptors (Lipinski definition) is 4. The molecule has 0 radical (unpaired) electrons. The van der Waals surface area contributed by atoms with Crippen molar-refractivity contribution in [2.75, 3.05) is 0 Å². The predicted octanol–water partition coefficient (Wildman–Crippen LogP) is 4.11. The van der Waals surface area contributed by atoms with Crippen molar-refractivity contribution >= 4 is 11.8 Å². The van der Waals surface area contributed by atoms with Gasteiger partial charge in [-0.3, -0.25) is 4.98 Å². The zero-order valence-electron chi connectivity index (χ0n) is 11.4. The van der Waals surface area contributed by atoms with E-state index in [9.17, 15) is 8.78 Å². The molecule has 2 heterocycles. The molecule has 0 bridgehead atoms. The van der Waals surface area contributed by atoms with Crippen molar-refractivity contribution < 1.29 is 8.78 Å². The van der Waals surface area contributed by atoms with Crippen molar-refractivity contribution in [2.24, 2.45) is 0 Å². The molecule has 110 valence electrons. The van der Waals surface area contributed by atoms with Crippen molar-refractivity contribution in [3.05, 3.63) is 71.9 Å². The molecule has 0 amide bonds. The van der Waals surface area contributed by atoms with Gasteiger partial charge >= 0.3 is 0 Å². The Labute approximate surface area is 130 Å². The summed E-state index contributed by atoms with van der Waals surface area (Å²) in [6.45, 7) is 0. The van der Waals surface area contributed by atoms with Crippen molar-refractivity contribution in [1.82, 2.24) is 15.2 Å². The highest BCUT2D eigenvalue weighted by molar-refractivity contribution is 7.98. The largest absolute Gasteiger partial charge is 0.255 e. The fourth-order valence-corrected chi connectivity index (χ4v) is 2.70. The second-order valence-electron chi connectivity index (χ2n) is 4.46. The molecular weight excluding hydrogens is 304 g/mol. The standard InChI is InChI=1S/C16H11F2N3S/c17-12-4-3-5-13(18)11(12)10-22-16-8-7-15(20-21-16)14-6-1-2-9-19-14/h1-9H,10H2. The van der Waals surface area contributed by atoms with Gasteiger partial charge in [-0.05, 0) is 36.4 Å². The van der Waals surface area contributed by atoms with E-state index in [1.807, 2.05) is 18.2 Å². The summed E-state index contributed by atoms with van der Waals surface area (Å²) in [5.41, 5.74) is 1.43. The van der Waals surface area contributed by atoms with E-state index >= 15 is 0 Å². The van der Waals surface area contributed by atoms with E-state index in [1.165, 1.54) is 30.0 Å². The highest BCUT2D eigenvalue weighted by Crippen LogP contribution is 2.24. The topological polar surface area (TPSA) is 38.7 Å². The van der Waals surface area contributed by atoms with Crippen molar-refractivity contribution in [3.8, 4) is 11.4 Å². The first-order chi connectivity index (χ1) is 10.7. The Balaban J connectivity index is 1.72. The number of nitrogens with zero attached hydrogens (tertiary/aromatic N) is 3. The zero-order valence-corrected chi connectivity index (χ0v) is 12.2. The minimum Gasteiger partial charge on any atom is -0.255 e. The Morgan fingerprint density at radius 1 is 0.818 bits per heavy atom. The van der Waals surface area contributed by atoms with Crippen LogP contribution in [0.2, 0.25) is 0 Å². The van der Waals surface area contributed by atoms with Gasteiger partial charge in [0.25, 0.3) is 0 Å². The molecule has 0 atom stereocenters. The quantitative estimate of drug-likeness (QED) is 0.679. The first-order valence-corrected chi connectivity index (χ1v) is 7.53. The van der Waals surface area contributed by atoms with E-state index in [0.717, 1.165) is 5.69 Å². The normalized spacial score (nSPS) is 10.6. The molecule has 0 saturated carbocycles. The maximum atomic E-state index is 13.5. The fourth-order valence-electron chi connectivity index (χ4n) is 1.86. The van der Waals surface area contributed by atoms with E-state index in [-0.39, 0.29) is 11.3 Å². The van der Waals surface area contributed by atoms with E-state index < -0.39 is 11.6 Å². The molecule has 0 aliphatic heterocycles. The summed E-state index contributed by atoms with van der Waals surface area (Å²) in [5.74, 6) is -0.938. The van der Waals surface area contributed by atoms with Crippen LogP contribution < -0.4 is 0 Å². The van der Waals surface area contributed by atoms with Gasteiger partial charge in [0.15, 0.2) is 0 Å². The zero-order chi connectivity index (χ0) is 15.4. The van der Waals surface area contributed by atoms with E-state index in [4.69, 9.17) is 0 Å². The van der Waals surface area contributed by atoms with E-state index in [2.05, 4.69) is 15.2 Å². The van der Waals surface area contributed by atoms with Crippen molar-refractivity contribution in [2.45, 2.75) is 10.8 Å². The molecule has 0 unspecified atom stereocenters. The van der Waals surface area contributed by atoms with Gasteiger partial charge in [-0.25, -0.2) is 8.78 Å². The number of halogens is 2. The van der Waals surface area contributed by atoms with Gasteiger partial charge < -0.3 is 0 Å². The van der Waals surface area contributed by atoms with Gasteiger partial charge in [-0.2, -0.15) is 0 Å². The summed E-state index contributed by atoms with van der Waals surface area (Å²) in [5, 5.41) is 8.74. The van der Waals surface area contributed by atoms with Crippen LogP contribution in [0.5, 0.6) is 0 Å². The molecule has 6 heteroatoms. The Morgan fingerprint density at radius 2 is 1.64 bits per heavy atom. The monoisotopic (exact) mass is 315 g/mol. The van der Waals surface area contributed by atoms with Crippen LogP contribution in [0.15, 0.2) is 59.8 Å². The van der Waals surface area contributed by atoms with Crippen LogP contribution in [0.3, 0.4) is 0 Å². The lowest BCUT2D eigenvalue weighted by molar-refractivity contribution is 0.566. The van der Waals surface area contributed by atoms with Gasteiger partial charge in [0.1, 0.15) is 22.4 Å². The molecule has 3 rings (SSSR count). The van der Waals surface area contributed by atoms with Gasteiger partial charge in [-0.1, -0.05) is 23.9 Å². The Morgan fingerprint density at radius 3 is 2.27 bits per heavy atom. The third-order valence-corrected chi connectivity index (χ3v) is 3.94. The average Bonchev–Trinajstić information content (AvgIpc) is 2.56. The summed E-state index contributed by atoms with van der Waals surface area (Å²) in [6.07, 6.45) is 1.68. The van der Waals surface area contributed by atoms with Crippen LogP contribution in [0.25, 0.3) is 11.4 Å². The van der Waals surface area contributed by atoms with Crippen molar-refractivity contribution in [1.29, 1.82) is 0 Å². The minimum atomic E-state index is -0.550. The minimum absolute atomic E-state index is 0.0445. The van der Waals surface area contributed by atoms with Crippen LogP contribution in [0.1, 0.15) is 5.56 Å². The van der Waals surface area contributed by atoms with E-state index in [0.29, 0.717) is 10.7 Å². The van der Waals surface area contributed by atoms with Crippen molar-refractivity contribution in [3.63, 3.8) is 0 Å². The molecule has 0 aliphatic carbocycles. The second kappa shape index (κ2) is 6.62. The summed E-state index contributed by atoms with van der Waals surface area (Å²) in [6, 6.07) is 12.9. The van der Waals surface area contributed by atoms with Crippen LogP contribution in [0.4, 0.5) is 8.78 Å². The summed E-state index contributed by atoms with van der Waals surface area (Å²) in [7, 11) is 0. The number of pyridine rings is 1. The number of thioether (sulfide) groups is 1. The van der Waals surface area contributed by atoms with Gasteiger partial charge in [0.2, 0.25) is 0 Å². The number of rotatable bonds is 4. The van der Waals surface area contributed by atoms with Gasteiger partial charge in [0, 0.05) is 17.5 Å². The lowest BCUT2D eigenvalue weighted by atomic mass is 10.2. The average molecular weight is 315 g/mol. The van der Waals surface area contributed by atoms with Crippen LogP contribution in [0, 0.1) is 11.6 Å². The first kappa shape index (κ1) is 14.6. The number of benzene rings is 1. The molecular formula is C16H11F2N3S. The molecule has 0 saturated heterocycles. The molecule has 0 fully saturated rings. The molecule has 0 spiro atoms. The number of aromatic nitrogens is 3. The maximum absolute atomic E-state index is 13.5. The molecule has 22 heavy (non-hydrogen) atoms. The second-order valence-corrected chi connectivity index (χ2v) is 5.46. The Bertz CT molecular complexity index is 744. The molecule has 1 aromatic carbocycles. The first-order valence-electron chi connectivity index (χ1n) is 6.55. The summed E-state index contributed by atoms with van der Waals surface area (Å²) in [4.78, 5) is 4.19.